The Morgan fingerprint density at radius 2 is 1.55 bits per heavy atom. The summed E-state index contributed by atoms with van der Waals surface area (Å²) in [5.41, 5.74) is 1.02. The maximum Gasteiger partial charge on any atom is 0.203 e. The Morgan fingerprint density at radius 1 is 0.909 bits per heavy atom. The first kappa shape index (κ1) is 15.9. The standard InChI is InChI=1S/C16H17F2NO3/c1-20-14-6-10(7-15(21-2)16(14)22-3)9-19-13-5-4-11(17)8-12(13)18/h4-8,19H,9H2,1-3H3. The lowest BCUT2D eigenvalue weighted by Gasteiger charge is -2.15. The van der Waals surface area contributed by atoms with Gasteiger partial charge in [-0.2, -0.15) is 0 Å². The summed E-state index contributed by atoms with van der Waals surface area (Å²) in [4.78, 5) is 0. The van der Waals surface area contributed by atoms with E-state index in [2.05, 4.69) is 5.32 Å². The maximum atomic E-state index is 13.6. The Bertz CT molecular complexity index is 637. The van der Waals surface area contributed by atoms with Crippen molar-refractivity contribution in [1.29, 1.82) is 0 Å². The monoisotopic (exact) mass is 309 g/mol. The van der Waals surface area contributed by atoms with Gasteiger partial charge in [0.2, 0.25) is 5.75 Å². The average Bonchev–Trinajstić information content (AvgIpc) is 2.52. The van der Waals surface area contributed by atoms with Gasteiger partial charge in [0.15, 0.2) is 11.5 Å². The SMILES string of the molecule is COc1cc(CNc2ccc(F)cc2F)cc(OC)c1OC. The Balaban J connectivity index is 2.22. The van der Waals surface area contributed by atoms with Crippen molar-refractivity contribution in [1.82, 2.24) is 0 Å². The van der Waals surface area contributed by atoms with Gasteiger partial charge in [-0.05, 0) is 29.8 Å². The fraction of sp³-hybridized carbons (Fsp3) is 0.250. The minimum Gasteiger partial charge on any atom is -0.493 e. The quantitative estimate of drug-likeness (QED) is 0.885. The average molecular weight is 309 g/mol. The third-order valence-corrected chi connectivity index (χ3v) is 3.14. The third-order valence-electron chi connectivity index (χ3n) is 3.14. The Morgan fingerprint density at radius 3 is 2.05 bits per heavy atom. The van der Waals surface area contributed by atoms with Gasteiger partial charge in [-0.3, -0.25) is 0 Å². The molecule has 0 fully saturated rings. The van der Waals surface area contributed by atoms with E-state index in [1.807, 2.05) is 0 Å². The van der Waals surface area contributed by atoms with E-state index in [1.165, 1.54) is 33.5 Å². The molecule has 0 heterocycles. The molecule has 0 saturated carbocycles. The highest BCUT2D eigenvalue weighted by Crippen LogP contribution is 2.38. The maximum absolute atomic E-state index is 13.6. The van der Waals surface area contributed by atoms with E-state index in [0.29, 0.717) is 23.8 Å². The van der Waals surface area contributed by atoms with Crippen LogP contribution in [0.4, 0.5) is 14.5 Å². The topological polar surface area (TPSA) is 39.7 Å². The minimum atomic E-state index is -0.646. The third kappa shape index (κ3) is 3.39. The van der Waals surface area contributed by atoms with Crippen LogP contribution < -0.4 is 19.5 Å². The van der Waals surface area contributed by atoms with Crippen molar-refractivity contribution in [2.24, 2.45) is 0 Å². The molecule has 0 aromatic heterocycles. The van der Waals surface area contributed by atoms with Gasteiger partial charge >= 0.3 is 0 Å². The van der Waals surface area contributed by atoms with Gasteiger partial charge in [-0.25, -0.2) is 8.78 Å². The number of hydrogen-bond donors (Lipinski definition) is 1. The summed E-state index contributed by atoms with van der Waals surface area (Å²) >= 11 is 0. The first-order chi connectivity index (χ1) is 10.6. The number of rotatable bonds is 6. The van der Waals surface area contributed by atoms with Crippen molar-refractivity contribution in [3.8, 4) is 17.2 Å². The van der Waals surface area contributed by atoms with Crippen LogP contribution in [0.5, 0.6) is 17.2 Å². The Kier molecular flexibility index (Phi) is 5.04. The molecule has 2 aromatic rings. The van der Waals surface area contributed by atoms with E-state index in [4.69, 9.17) is 14.2 Å². The minimum absolute atomic E-state index is 0.218. The van der Waals surface area contributed by atoms with Crippen LogP contribution in [0.1, 0.15) is 5.56 Å². The van der Waals surface area contributed by atoms with Gasteiger partial charge in [0, 0.05) is 12.6 Å². The molecule has 118 valence electrons. The van der Waals surface area contributed by atoms with Crippen LogP contribution in [-0.2, 0) is 6.54 Å². The summed E-state index contributed by atoms with van der Waals surface area (Å²) in [5, 5.41) is 2.90. The molecule has 0 spiro atoms. The van der Waals surface area contributed by atoms with Gasteiger partial charge in [0.1, 0.15) is 11.6 Å². The molecule has 0 saturated heterocycles. The predicted octanol–water partition coefficient (Wildman–Crippen LogP) is 3.60. The zero-order valence-corrected chi connectivity index (χ0v) is 12.6. The summed E-state index contributed by atoms with van der Waals surface area (Å²) in [6.07, 6.45) is 0. The van der Waals surface area contributed by atoms with Crippen molar-refractivity contribution >= 4 is 5.69 Å². The van der Waals surface area contributed by atoms with Crippen LogP contribution in [0.25, 0.3) is 0 Å². The zero-order valence-electron chi connectivity index (χ0n) is 12.6. The lowest BCUT2D eigenvalue weighted by Crippen LogP contribution is -2.03. The van der Waals surface area contributed by atoms with E-state index in [0.717, 1.165) is 11.6 Å². The summed E-state index contributed by atoms with van der Waals surface area (Å²) in [7, 11) is 4.56. The van der Waals surface area contributed by atoms with E-state index in [9.17, 15) is 8.78 Å². The molecule has 0 aliphatic carbocycles. The lowest BCUT2D eigenvalue weighted by atomic mass is 10.1. The molecule has 4 nitrogen and oxygen atoms in total. The Labute approximate surface area is 127 Å². The van der Waals surface area contributed by atoms with E-state index in [1.54, 1.807) is 12.1 Å². The molecule has 0 aliphatic rings. The van der Waals surface area contributed by atoms with Gasteiger partial charge < -0.3 is 19.5 Å². The molecule has 1 N–H and O–H groups in total. The number of ether oxygens (including phenoxy) is 3. The zero-order chi connectivity index (χ0) is 16.1. The second-order valence-corrected chi connectivity index (χ2v) is 4.51. The van der Waals surface area contributed by atoms with Crippen LogP contribution in [0, 0.1) is 11.6 Å². The van der Waals surface area contributed by atoms with Crippen LogP contribution >= 0.6 is 0 Å². The van der Waals surface area contributed by atoms with Crippen molar-refractivity contribution < 1.29 is 23.0 Å². The molecule has 0 aliphatic heterocycles. The van der Waals surface area contributed by atoms with Gasteiger partial charge in [0.25, 0.3) is 0 Å². The number of anilines is 1. The molecule has 0 atom stereocenters. The fourth-order valence-corrected chi connectivity index (χ4v) is 2.07. The van der Waals surface area contributed by atoms with Gasteiger partial charge in [-0.1, -0.05) is 0 Å². The molecule has 2 rings (SSSR count). The second-order valence-electron chi connectivity index (χ2n) is 4.51. The molecule has 0 amide bonds. The molecular weight excluding hydrogens is 292 g/mol. The van der Waals surface area contributed by atoms with E-state index < -0.39 is 11.6 Å². The second kappa shape index (κ2) is 6.98. The molecular formula is C16H17F2NO3. The molecule has 0 unspecified atom stereocenters. The fourth-order valence-electron chi connectivity index (χ4n) is 2.07. The van der Waals surface area contributed by atoms with Crippen molar-refractivity contribution in [2.75, 3.05) is 26.6 Å². The van der Waals surface area contributed by atoms with Gasteiger partial charge in [-0.15, -0.1) is 0 Å². The Hall–Kier alpha value is -2.50. The predicted molar refractivity (Wildman–Crippen MR) is 79.8 cm³/mol. The van der Waals surface area contributed by atoms with E-state index in [-0.39, 0.29) is 5.69 Å². The molecule has 6 heteroatoms. The highest BCUT2D eigenvalue weighted by Gasteiger charge is 2.13. The van der Waals surface area contributed by atoms with Crippen LogP contribution in [0.15, 0.2) is 30.3 Å². The number of nitrogens with one attached hydrogen (secondary N) is 1. The van der Waals surface area contributed by atoms with Crippen LogP contribution in [0.2, 0.25) is 0 Å². The normalized spacial score (nSPS) is 10.2. The summed E-state index contributed by atoms with van der Waals surface area (Å²) in [6, 6.07) is 6.90. The smallest absolute Gasteiger partial charge is 0.203 e. The molecule has 22 heavy (non-hydrogen) atoms. The van der Waals surface area contributed by atoms with E-state index >= 15 is 0 Å². The van der Waals surface area contributed by atoms with Gasteiger partial charge in [0.05, 0.1) is 27.0 Å². The number of benzene rings is 2. The summed E-state index contributed by atoms with van der Waals surface area (Å²) in [5.74, 6) is 0.251. The number of halogens is 2. The van der Waals surface area contributed by atoms with Crippen LogP contribution in [0.3, 0.4) is 0 Å². The number of methoxy groups -OCH3 is 3. The lowest BCUT2D eigenvalue weighted by molar-refractivity contribution is 0.324. The summed E-state index contributed by atoms with van der Waals surface area (Å²) in [6.45, 7) is 0.319. The first-order valence-electron chi connectivity index (χ1n) is 6.56. The highest BCUT2D eigenvalue weighted by atomic mass is 19.1. The van der Waals surface area contributed by atoms with Crippen molar-refractivity contribution in [3.05, 3.63) is 47.5 Å². The largest absolute Gasteiger partial charge is 0.493 e. The van der Waals surface area contributed by atoms with Crippen molar-refractivity contribution in [2.45, 2.75) is 6.54 Å². The van der Waals surface area contributed by atoms with Crippen LogP contribution in [-0.4, -0.2) is 21.3 Å². The van der Waals surface area contributed by atoms with Crippen molar-refractivity contribution in [3.63, 3.8) is 0 Å². The number of hydrogen-bond acceptors (Lipinski definition) is 4. The first-order valence-corrected chi connectivity index (χ1v) is 6.56. The molecule has 0 bridgehead atoms. The summed E-state index contributed by atoms with van der Waals surface area (Å²) < 4.78 is 42.2. The molecule has 2 aromatic carbocycles. The highest BCUT2D eigenvalue weighted by molar-refractivity contribution is 5.55. The molecule has 0 radical (unpaired) electrons.